The van der Waals surface area contributed by atoms with E-state index in [1.165, 1.54) is 0 Å². The molecule has 0 aliphatic heterocycles. The number of hydrogen-bond donors (Lipinski definition) is 0. The maximum absolute atomic E-state index is 13.0. The van der Waals surface area contributed by atoms with Crippen molar-refractivity contribution in [2.75, 3.05) is 0 Å². The Morgan fingerprint density at radius 1 is 1.17 bits per heavy atom. The summed E-state index contributed by atoms with van der Waals surface area (Å²) < 4.78 is 0. The highest BCUT2D eigenvalue weighted by Gasteiger charge is 2.60. The Morgan fingerprint density at radius 3 is 2.26 bits per heavy atom. The predicted molar refractivity (Wildman–Crippen MR) is 99.3 cm³/mol. The Bertz CT molecular complexity index is 478. The van der Waals surface area contributed by atoms with Crippen LogP contribution in [0.25, 0.3) is 0 Å². The molecule has 2 saturated carbocycles. The van der Waals surface area contributed by atoms with Crippen LogP contribution in [-0.2, 0) is 4.79 Å². The quantitative estimate of drug-likeness (QED) is 0.559. The number of allylic oxidation sites excluding steroid dienone is 1. The lowest BCUT2D eigenvalue weighted by Gasteiger charge is -2.56. The third-order valence-corrected chi connectivity index (χ3v) is 8.74. The van der Waals surface area contributed by atoms with Gasteiger partial charge in [0.25, 0.3) is 0 Å². The molecule has 23 heavy (non-hydrogen) atoms. The molecule has 132 valence electrons. The smallest absolute Gasteiger partial charge is 0.137 e. The molecular weight excluding hydrogens is 280 g/mol. The van der Waals surface area contributed by atoms with Gasteiger partial charge in [-0.25, -0.2) is 0 Å². The molecule has 1 nitrogen and oxygen atoms in total. The van der Waals surface area contributed by atoms with E-state index in [1.54, 1.807) is 0 Å². The van der Waals surface area contributed by atoms with E-state index in [1.807, 2.05) is 0 Å². The third kappa shape index (κ3) is 2.53. The van der Waals surface area contributed by atoms with Gasteiger partial charge in [-0.3, -0.25) is 4.79 Å². The van der Waals surface area contributed by atoms with Gasteiger partial charge in [0, 0.05) is 12.3 Å². The maximum Gasteiger partial charge on any atom is 0.137 e. The van der Waals surface area contributed by atoms with Crippen LogP contribution in [0.1, 0.15) is 80.6 Å². The molecule has 0 aromatic carbocycles. The van der Waals surface area contributed by atoms with E-state index in [9.17, 15) is 4.79 Å². The lowest BCUT2D eigenvalue weighted by molar-refractivity contribution is -0.137. The molecule has 2 fully saturated rings. The van der Waals surface area contributed by atoms with Crippen LogP contribution in [0.2, 0.25) is 0 Å². The molecule has 3 unspecified atom stereocenters. The molecular formula is C22H38O. The van der Waals surface area contributed by atoms with Crippen molar-refractivity contribution in [2.45, 2.75) is 80.6 Å². The first-order chi connectivity index (χ1) is 10.6. The molecule has 6 atom stereocenters. The second-order valence-corrected chi connectivity index (χ2v) is 9.43. The molecule has 0 radical (unpaired) electrons. The van der Waals surface area contributed by atoms with E-state index in [0.29, 0.717) is 23.5 Å². The number of fused-ring (bicyclic) bond motifs is 1. The van der Waals surface area contributed by atoms with E-state index in [4.69, 9.17) is 0 Å². The highest BCUT2D eigenvalue weighted by atomic mass is 16.1. The van der Waals surface area contributed by atoms with Gasteiger partial charge < -0.3 is 0 Å². The van der Waals surface area contributed by atoms with E-state index >= 15 is 0 Å². The molecule has 0 aromatic heterocycles. The Balaban J connectivity index is 2.64. The van der Waals surface area contributed by atoms with Crippen molar-refractivity contribution >= 4 is 5.78 Å². The number of hydrogen-bond acceptors (Lipinski definition) is 1. The summed E-state index contributed by atoms with van der Waals surface area (Å²) in [4.78, 5) is 13.0. The van der Waals surface area contributed by atoms with Crippen LogP contribution < -0.4 is 0 Å². The second-order valence-electron chi connectivity index (χ2n) is 9.43. The third-order valence-electron chi connectivity index (χ3n) is 8.74. The zero-order valence-electron chi connectivity index (χ0n) is 16.5. The SMILES string of the molecule is C=C[C@]1(C)CC[C@](C)(C(C)C)C2C(=O)CCC2(CC)[C@@H](C)C1C. The molecule has 0 aromatic rings. The Kier molecular flexibility index (Phi) is 4.93. The van der Waals surface area contributed by atoms with Gasteiger partial charge in [0.2, 0.25) is 0 Å². The molecule has 0 heterocycles. The maximum atomic E-state index is 13.0. The fourth-order valence-electron chi connectivity index (χ4n) is 6.07. The van der Waals surface area contributed by atoms with Crippen molar-refractivity contribution in [1.82, 2.24) is 0 Å². The zero-order valence-corrected chi connectivity index (χ0v) is 16.5. The number of rotatable bonds is 3. The minimum atomic E-state index is 0.113. The largest absolute Gasteiger partial charge is 0.299 e. The molecule has 0 bridgehead atoms. The van der Waals surface area contributed by atoms with E-state index in [2.05, 4.69) is 61.1 Å². The van der Waals surface area contributed by atoms with Crippen LogP contribution in [0.4, 0.5) is 0 Å². The Labute approximate surface area is 144 Å². The van der Waals surface area contributed by atoms with Gasteiger partial charge in [-0.2, -0.15) is 0 Å². The highest BCUT2D eigenvalue weighted by Crippen LogP contribution is 2.64. The molecule has 0 N–H and O–H groups in total. The number of carbonyl (C=O) groups excluding carboxylic acids is 1. The monoisotopic (exact) mass is 318 g/mol. The summed E-state index contributed by atoms with van der Waals surface area (Å²) >= 11 is 0. The molecule has 1 heteroatoms. The van der Waals surface area contributed by atoms with Crippen molar-refractivity contribution in [2.24, 2.45) is 39.9 Å². The van der Waals surface area contributed by atoms with Crippen LogP contribution in [0.15, 0.2) is 12.7 Å². The minimum Gasteiger partial charge on any atom is -0.299 e. The summed E-state index contributed by atoms with van der Waals surface area (Å²) in [5.41, 5.74) is 0.469. The summed E-state index contributed by atoms with van der Waals surface area (Å²) in [6, 6.07) is 0. The summed E-state index contributed by atoms with van der Waals surface area (Å²) in [7, 11) is 0. The van der Waals surface area contributed by atoms with Crippen LogP contribution in [0, 0.1) is 39.9 Å². The summed E-state index contributed by atoms with van der Waals surface area (Å²) in [6.07, 6.45) is 7.51. The Hall–Kier alpha value is -0.590. The van der Waals surface area contributed by atoms with E-state index in [0.717, 1.165) is 32.1 Å². The number of carbonyl (C=O) groups is 1. The average molecular weight is 319 g/mol. The van der Waals surface area contributed by atoms with Gasteiger partial charge in [0.1, 0.15) is 5.78 Å². The lowest BCUT2D eigenvalue weighted by Crippen LogP contribution is -2.52. The standard InChI is InChI=1S/C22H38O/c1-9-20(7)13-14-21(8,15(3)4)19-18(23)11-12-22(19,10-2)17(6)16(20)5/h9,15-17,19H,1,10-14H2,2-8H3/t16?,17-,19?,20+,21+,22?/m0/s1. The normalized spacial score (nSPS) is 48.0. The first-order valence-electron chi connectivity index (χ1n) is 9.75. The molecule has 2 aliphatic rings. The zero-order chi connectivity index (χ0) is 17.6. The van der Waals surface area contributed by atoms with Gasteiger partial charge in [-0.15, -0.1) is 6.58 Å². The van der Waals surface area contributed by atoms with Crippen molar-refractivity contribution in [3.8, 4) is 0 Å². The predicted octanol–water partition coefficient (Wildman–Crippen LogP) is 6.28. The van der Waals surface area contributed by atoms with E-state index in [-0.39, 0.29) is 22.2 Å². The van der Waals surface area contributed by atoms with Gasteiger partial charge in [0.15, 0.2) is 0 Å². The fraction of sp³-hybridized carbons (Fsp3) is 0.864. The second kappa shape index (κ2) is 6.05. The minimum absolute atomic E-state index is 0.113. The Morgan fingerprint density at radius 2 is 1.78 bits per heavy atom. The molecule has 0 amide bonds. The van der Waals surface area contributed by atoms with Crippen LogP contribution in [0.3, 0.4) is 0 Å². The average Bonchev–Trinajstić information content (AvgIpc) is 2.88. The first kappa shape index (κ1) is 18.7. The summed E-state index contributed by atoms with van der Waals surface area (Å²) in [5, 5.41) is 0. The molecule has 2 aliphatic carbocycles. The van der Waals surface area contributed by atoms with Gasteiger partial charge in [-0.05, 0) is 59.7 Å². The molecule has 0 spiro atoms. The van der Waals surface area contributed by atoms with Gasteiger partial charge >= 0.3 is 0 Å². The highest BCUT2D eigenvalue weighted by molar-refractivity contribution is 5.85. The van der Waals surface area contributed by atoms with E-state index < -0.39 is 0 Å². The lowest BCUT2D eigenvalue weighted by atomic mass is 9.47. The summed E-state index contributed by atoms with van der Waals surface area (Å²) in [6.45, 7) is 20.8. The molecule has 2 rings (SSSR count). The van der Waals surface area contributed by atoms with Crippen molar-refractivity contribution in [3.05, 3.63) is 12.7 Å². The first-order valence-corrected chi connectivity index (χ1v) is 9.75. The number of ketones is 1. The number of Topliss-reactive ketones (excluding diaryl/α,β-unsaturated/α-hetero) is 1. The fourth-order valence-corrected chi connectivity index (χ4v) is 6.07. The van der Waals surface area contributed by atoms with Crippen molar-refractivity contribution in [1.29, 1.82) is 0 Å². The van der Waals surface area contributed by atoms with Gasteiger partial charge in [-0.1, -0.05) is 54.5 Å². The van der Waals surface area contributed by atoms with Crippen molar-refractivity contribution < 1.29 is 4.79 Å². The van der Waals surface area contributed by atoms with Crippen LogP contribution in [0.5, 0.6) is 0 Å². The van der Waals surface area contributed by atoms with Crippen LogP contribution >= 0.6 is 0 Å². The molecule has 0 saturated heterocycles. The van der Waals surface area contributed by atoms with Crippen LogP contribution in [-0.4, -0.2) is 5.78 Å². The van der Waals surface area contributed by atoms with Gasteiger partial charge in [0.05, 0.1) is 0 Å². The van der Waals surface area contributed by atoms with Crippen molar-refractivity contribution in [3.63, 3.8) is 0 Å². The topological polar surface area (TPSA) is 17.1 Å². The summed E-state index contributed by atoms with van der Waals surface area (Å²) in [5.74, 6) is 2.46.